The van der Waals surface area contributed by atoms with Crippen molar-refractivity contribution in [3.63, 3.8) is 0 Å². The van der Waals surface area contributed by atoms with Crippen LogP contribution in [0.4, 0.5) is 10.5 Å². The number of urea groups is 1. The molecule has 1 aromatic heterocycles. The van der Waals surface area contributed by atoms with Gasteiger partial charge in [-0.15, -0.1) is 0 Å². The maximum Gasteiger partial charge on any atom is 0.315 e. The predicted octanol–water partition coefficient (Wildman–Crippen LogP) is 3.06. The van der Waals surface area contributed by atoms with Crippen LogP contribution in [0.5, 0.6) is 0 Å². The first-order valence-corrected chi connectivity index (χ1v) is 8.32. The maximum atomic E-state index is 11.9. The SMILES string of the molecule is Cc1ccc([C@H](C)NC(=O)NC[C@H](O)c2ccsc2)cc1[N+](=O)[O-]. The van der Waals surface area contributed by atoms with Gasteiger partial charge in [0.25, 0.3) is 5.69 Å². The van der Waals surface area contributed by atoms with Gasteiger partial charge in [-0.25, -0.2) is 4.79 Å². The summed E-state index contributed by atoms with van der Waals surface area (Å²) in [6.45, 7) is 3.49. The van der Waals surface area contributed by atoms with Gasteiger partial charge in [0.15, 0.2) is 0 Å². The Labute approximate surface area is 143 Å². The summed E-state index contributed by atoms with van der Waals surface area (Å²) in [5, 5.41) is 29.9. The molecule has 0 saturated heterocycles. The largest absolute Gasteiger partial charge is 0.387 e. The average molecular weight is 349 g/mol. The summed E-state index contributed by atoms with van der Waals surface area (Å²) in [7, 11) is 0. The van der Waals surface area contributed by atoms with Crippen LogP contribution in [0.3, 0.4) is 0 Å². The molecular weight excluding hydrogens is 330 g/mol. The van der Waals surface area contributed by atoms with E-state index < -0.39 is 23.1 Å². The minimum Gasteiger partial charge on any atom is -0.387 e. The summed E-state index contributed by atoms with van der Waals surface area (Å²) in [4.78, 5) is 22.5. The van der Waals surface area contributed by atoms with Gasteiger partial charge in [-0.05, 0) is 41.8 Å². The Morgan fingerprint density at radius 3 is 2.75 bits per heavy atom. The number of rotatable bonds is 6. The number of carbonyl (C=O) groups is 1. The van der Waals surface area contributed by atoms with E-state index in [4.69, 9.17) is 0 Å². The number of aryl methyl sites for hydroxylation is 1. The minimum absolute atomic E-state index is 0.0226. The highest BCUT2D eigenvalue weighted by molar-refractivity contribution is 7.07. The summed E-state index contributed by atoms with van der Waals surface area (Å²) in [5.41, 5.74) is 1.98. The van der Waals surface area contributed by atoms with Crippen molar-refractivity contribution in [3.8, 4) is 0 Å². The first kappa shape index (κ1) is 17.9. The Kier molecular flexibility index (Phi) is 5.88. The molecule has 1 aromatic carbocycles. The number of nitrogens with zero attached hydrogens (tertiary/aromatic N) is 1. The first-order chi connectivity index (χ1) is 11.4. The lowest BCUT2D eigenvalue weighted by atomic mass is 10.0. The van der Waals surface area contributed by atoms with Gasteiger partial charge in [-0.3, -0.25) is 10.1 Å². The van der Waals surface area contributed by atoms with Crippen molar-refractivity contribution < 1.29 is 14.8 Å². The third-order valence-corrected chi connectivity index (χ3v) is 4.36. The molecule has 2 aromatic rings. The van der Waals surface area contributed by atoms with Crippen LogP contribution in [0, 0.1) is 17.0 Å². The van der Waals surface area contributed by atoms with Crippen molar-refractivity contribution in [2.24, 2.45) is 0 Å². The standard InChI is InChI=1S/C16H19N3O4S/c1-10-3-4-12(7-14(10)19(22)23)11(2)18-16(21)17-8-15(20)13-5-6-24-9-13/h3-7,9,11,15,20H,8H2,1-2H3,(H2,17,18,21)/t11-,15-/m0/s1. The number of nitrogens with one attached hydrogen (secondary N) is 2. The van der Waals surface area contributed by atoms with E-state index in [-0.39, 0.29) is 12.2 Å². The number of carbonyl (C=O) groups excluding carboxylic acids is 1. The molecule has 24 heavy (non-hydrogen) atoms. The zero-order chi connectivity index (χ0) is 17.7. The van der Waals surface area contributed by atoms with Crippen LogP contribution < -0.4 is 10.6 Å². The van der Waals surface area contributed by atoms with Crippen molar-refractivity contribution in [2.45, 2.75) is 26.0 Å². The molecule has 0 spiro atoms. The van der Waals surface area contributed by atoms with Crippen LogP contribution in [0.25, 0.3) is 0 Å². The maximum absolute atomic E-state index is 11.9. The van der Waals surface area contributed by atoms with Crippen LogP contribution in [0.2, 0.25) is 0 Å². The molecule has 0 unspecified atom stereocenters. The molecule has 3 N–H and O–H groups in total. The van der Waals surface area contributed by atoms with Gasteiger partial charge in [-0.2, -0.15) is 11.3 Å². The summed E-state index contributed by atoms with van der Waals surface area (Å²) < 4.78 is 0. The first-order valence-electron chi connectivity index (χ1n) is 7.38. The van der Waals surface area contributed by atoms with Crippen molar-refractivity contribution in [1.29, 1.82) is 0 Å². The third kappa shape index (κ3) is 4.53. The number of hydrogen-bond acceptors (Lipinski definition) is 5. The van der Waals surface area contributed by atoms with Gasteiger partial charge < -0.3 is 15.7 Å². The Bertz CT molecular complexity index is 718. The lowest BCUT2D eigenvalue weighted by Gasteiger charge is -2.16. The molecule has 7 nitrogen and oxygen atoms in total. The summed E-state index contributed by atoms with van der Waals surface area (Å²) in [6, 6.07) is 5.81. The number of thiophene rings is 1. The molecule has 0 fully saturated rings. The number of benzene rings is 1. The third-order valence-electron chi connectivity index (χ3n) is 3.66. The van der Waals surface area contributed by atoms with Gasteiger partial charge in [0.05, 0.1) is 17.1 Å². The number of amides is 2. The number of hydrogen-bond donors (Lipinski definition) is 3. The number of nitro benzene ring substituents is 1. The van der Waals surface area contributed by atoms with E-state index in [1.165, 1.54) is 17.4 Å². The van der Waals surface area contributed by atoms with Crippen LogP contribution >= 0.6 is 11.3 Å². The highest BCUT2D eigenvalue weighted by Crippen LogP contribution is 2.23. The van der Waals surface area contributed by atoms with Crippen molar-refractivity contribution in [3.05, 3.63) is 61.8 Å². The average Bonchev–Trinajstić information content (AvgIpc) is 3.07. The molecule has 2 atom stereocenters. The van der Waals surface area contributed by atoms with E-state index in [9.17, 15) is 20.0 Å². The van der Waals surface area contributed by atoms with Crippen LogP contribution in [-0.2, 0) is 0 Å². The molecule has 8 heteroatoms. The molecule has 0 aliphatic carbocycles. The van der Waals surface area contributed by atoms with Gasteiger partial charge in [0.1, 0.15) is 0 Å². The normalized spacial score (nSPS) is 13.1. The Morgan fingerprint density at radius 2 is 2.12 bits per heavy atom. The molecule has 0 aliphatic heterocycles. The zero-order valence-electron chi connectivity index (χ0n) is 13.4. The Morgan fingerprint density at radius 1 is 1.38 bits per heavy atom. The van der Waals surface area contributed by atoms with Crippen LogP contribution in [0.15, 0.2) is 35.0 Å². The Hall–Kier alpha value is -2.45. The number of aliphatic hydroxyl groups is 1. The lowest BCUT2D eigenvalue weighted by Crippen LogP contribution is -2.39. The molecule has 0 radical (unpaired) electrons. The van der Waals surface area contributed by atoms with Crippen LogP contribution in [-0.4, -0.2) is 22.6 Å². The highest BCUT2D eigenvalue weighted by atomic mass is 32.1. The van der Waals surface area contributed by atoms with Crippen molar-refractivity contribution in [1.82, 2.24) is 10.6 Å². The summed E-state index contributed by atoms with van der Waals surface area (Å²) in [6.07, 6.45) is -0.766. The highest BCUT2D eigenvalue weighted by Gasteiger charge is 2.16. The fourth-order valence-corrected chi connectivity index (χ4v) is 2.90. The fourth-order valence-electron chi connectivity index (χ4n) is 2.20. The second-order valence-corrected chi connectivity index (χ2v) is 6.23. The molecule has 2 amide bonds. The number of nitro groups is 1. The van der Waals surface area contributed by atoms with Gasteiger partial charge in [0, 0.05) is 18.2 Å². The predicted molar refractivity (Wildman–Crippen MR) is 92.1 cm³/mol. The van der Waals surface area contributed by atoms with Gasteiger partial charge in [0.2, 0.25) is 0 Å². The van der Waals surface area contributed by atoms with Crippen molar-refractivity contribution in [2.75, 3.05) is 6.54 Å². The molecule has 1 heterocycles. The smallest absolute Gasteiger partial charge is 0.315 e. The van der Waals surface area contributed by atoms with E-state index in [1.807, 2.05) is 10.8 Å². The van der Waals surface area contributed by atoms with Crippen LogP contribution in [0.1, 0.15) is 35.8 Å². The second-order valence-electron chi connectivity index (χ2n) is 5.45. The molecular formula is C16H19N3O4S. The minimum atomic E-state index is -0.766. The molecule has 128 valence electrons. The van der Waals surface area contributed by atoms with Crippen molar-refractivity contribution >= 4 is 23.1 Å². The fraction of sp³-hybridized carbons (Fsp3) is 0.312. The summed E-state index contributed by atoms with van der Waals surface area (Å²) >= 11 is 1.47. The molecule has 0 aliphatic rings. The van der Waals surface area contributed by atoms with E-state index in [2.05, 4.69) is 10.6 Å². The van der Waals surface area contributed by atoms with E-state index in [1.54, 1.807) is 32.0 Å². The topological polar surface area (TPSA) is 104 Å². The molecule has 0 bridgehead atoms. The molecule has 0 saturated carbocycles. The quantitative estimate of drug-likeness (QED) is 0.550. The monoisotopic (exact) mass is 349 g/mol. The molecule has 2 rings (SSSR count). The number of aliphatic hydroxyl groups excluding tert-OH is 1. The van der Waals surface area contributed by atoms with E-state index in [0.29, 0.717) is 11.1 Å². The summed E-state index contributed by atoms with van der Waals surface area (Å²) in [5.74, 6) is 0. The van der Waals surface area contributed by atoms with Gasteiger partial charge >= 0.3 is 6.03 Å². The lowest BCUT2D eigenvalue weighted by molar-refractivity contribution is -0.385. The zero-order valence-corrected chi connectivity index (χ0v) is 14.2. The Balaban J connectivity index is 1.92. The van der Waals surface area contributed by atoms with E-state index in [0.717, 1.165) is 5.56 Å². The second kappa shape index (κ2) is 7.89. The van der Waals surface area contributed by atoms with Gasteiger partial charge in [-0.1, -0.05) is 12.1 Å². The van der Waals surface area contributed by atoms with E-state index >= 15 is 0 Å².